The molecular formula is C19H21ClIN3O2. The predicted octanol–water partition coefficient (Wildman–Crippen LogP) is 4.42. The molecule has 1 aromatic heterocycles. The third-order valence-electron chi connectivity index (χ3n) is 4.82. The van der Waals surface area contributed by atoms with Crippen LogP contribution in [0.15, 0.2) is 30.6 Å². The van der Waals surface area contributed by atoms with Crippen LogP contribution in [0, 0.1) is 3.70 Å². The SMILES string of the molecule is O=C(c1c(Cl)ncnc1I)N(CCO)c1ccc(C2CCCCC2)cc1. The molecule has 3 rings (SSSR count). The van der Waals surface area contributed by atoms with Gasteiger partial charge in [-0.3, -0.25) is 4.79 Å². The van der Waals surface area contributed by atoms with Crippen molar-refractivity contribution in [2.75, 3.05) is 18.1 Å². The summed E-state index contributed by atoms with van der Waals surface area (Å²) < 4.78 is 0.495. The van der Waals surface area contributed by atoms with Crippen LogP contribution >= 0.6 is 34.2 Å². The summed E-state index contributed by atoms with van der Waals surface area (Å²) in [5, 5.41) is 9.55. The first-order valence-corrected chi connectivity index (χ1v) is 10.3. The lowest BCUT2D eigenvalue weighted by molar-refractivity contribution is 0.0979. The Morgan fingerprint density at radius 3 is 2.50 bits per heavy atom. The van der Waals surface area contributed by atoms with Gasteiger partial charge < -0.3 is 10.0 Å². The van der Waals surface area contributed by atoms with Crippen LogP contribution < -0.4 is 4.90 Å². The minimum absolute atomic E-state index is 0.121. The summed E-state index contributed by atoms with van der Waals surface area (Å²) in [5.74, 6) is 0.303. The maximum atomic E-state index is 13.0. The van der Waals surface area contributed by atoms with E-state index in [1.54, 1.807) is 0 Å². The van der Waals surface area contributed by atoms with Gasteiger partial charge in [-0.05, 0) is 59.0 Å². The lowest BCUT2D eigenvalue weighted by Gasteiger charge is -2.25. The normalized spacial score (nSPS) is 15.0. The van der Waals surface area contributed by atoms with E-state index in [0.717, 1.165) is 5.69 Å². The van der Waals surface area contributed by atoms with E-state index in [9.17, 15) is 9.90 Å². The summed E-state index contributed by atoms with van der Waals surface area (Å²) in [4.78, 5) is 22.5. The van der Waals surface area contributed by atoms with Gasteiger partial charge in [0.25, 0.3) is 5.91 Å². The van der Waals surface area contributed by atoms with Gasteiger partial charge in [-0.2, -0.15) is 0 Å². The van der Waals surface area contributed by atoms with Crippen LogP contribution in [-0.4, -0.2) is 34.1 Å². The van der Waals surface area contributed by atoms with Gasteiger partial charge in [0, 0.05) is 12.2 Å². The maximum absolute atomic E-state index is 13.0. The van der Waals surface area contributed by atoms with E-state index in [4.69, 9.17) is 11.6 Å². The summed E-state index contributed by atoms with van der Waals surface area (Å²) in [6.45, 7) is 0.0426. The molecule has 7 heteroatoms. The van der Waals surface area contributed by atoms with E-state index in [-0.39, 0.29) is 29.8 Å². The van der Waals surface area contributed by atoms with Crippen molar-refractivity contribution in [3.05, 3.63) is 50.6 Å². The van der Waals surface area contributed by atoms with E-state index in [0.29, 0.717) is 9.62 Å². The number of rotatable bonds is 5. The zero-order valence-electron chi connectivity index (χ0n) is 14.4. The molecule has 0 bridgehead atoms. The molecule has 26 heavy (non-hydrogen) atoms. The molecule has 0 atom stereocenters. The zero-order valence-corrected chi connectivity index (χ0v) is 17.3. The minimum Gasteiger partial charge on any atom is -0.395 e. The molecule has 1 saturated carbocycles. The van der Waals surface area contributed by atoms with Gasteiger partial charge >= 0.3 is 0 Å². The Labute approximate surface area is 171 Å². The average molecular weight is 486 g/mol. The summed E-state index contributed by atoms with van der Waals surface area (Å²) in [6, 6.07) is 8.08. The number of halogens is 2. The highest BCUT2D eigenvalue weighted by molar-refractivity contribution is 14.1. The van der Waals surface area contributed by atoms with E-state index in [1.165, 1.54) is 48.9 Å². The van der Waals surface area contributed by atoms with Gasteiger partial charge in [-0.1, -0.05) is 43.0 Å². The van der Waals surface area contributed by atoms with Crippen LogP contribution in [0.1, 0.15) is 53.9 Å². The second kappa shape index (κ2) is 9.10. The Hall–Kier alpha value is -1.25. The number of aliphatic hydroxyl groups is 1. The van der Waals surface area contributed by atoms with Crippen molar-refractivity contribution >= 4 is 45.8 Å². The molecule has 1 aromatic carbocycles. The number of anilines is 1. The van der Waals surface area contributed by atoms with Gasteiger partial charge in [0.1, 0.15) is 20.7 Å². The van der Waals surface area contributed by atoms with Crippen molar-refractivity contribution in [3.63, 3.8) is 0 Å². The molecule has 2 aromatic rings. The molecule has 0 radical (unpaired) electrons. The number of hydrogen-bond donors (Lipinski definition) is 1. The number of aromatic nitrogens is 2. The summed E-state index contributed by atoms with van der Waals surface area (Å²) in [5.41, 5.74) is 2.32. The van der Waals surface area contributed by atoms with E-state index in [1.807, 2.05) is 34.7 Å². The topological polar surface area (TPSA) is 66.3 Å². The van der Waals surface area contributed by atoms with Crippen molar-refractivity contribution in [3.8, 4) is 0 Å². The number of hydrogen-bond acceptors (Lipinski definition) is 4. The molecule has 138 valence electrons. The largest absolute Gasteiger partial charge is 0.395 e. The minimum atomic E-state index is -0.306. The van der Waals surface area contributed by atoms with E-state index >= 15 is 0 Å². The quantitative estimate of drug-likeness (QED) is 0.503. The van der Waals surface area contributed by atoms with Gasteiger partial charge in [0.05, 0.1) is 6.61 Å². The van der Waals surface area contributed by atoms with E-state index < -0.39 is 0 Å². The first-order chi connectivity index (χ1) is 12.6. The van der Waals surface area contributed by atoms with Crippen molar-refractivity contribution in [1.29, 1.82) is 0 Å². The lowest BCUT2D eigenvalue weighted by atomic mass is 9.84. The second-order valence-electron chi connectivity index (χ2n) is 6.44. The zero-order chi connectivity index (χ0) is 18.5. The fourth-order valence-electron chi connectivity index (χ4n) is 3.47. The lowest BCUT2D eigenvalue weighted by Crippen LogP contribution is -2.34. The fraction of sp³-hybridized carbons (Fsp3) is 0.421. The summed E-state index contributed by atoms with van der Waals surface area (Å²) in [6.07, 6.45) is 7.68. The molecule has 1 aliphatic carbocycles. The molecule has 0 saturated heterocycles. The third-order valence-corrected chi connectivity index (χ3v) is 5.92. The first-order valence-electron chi connectivity index (χ1n) is 8.80. The molecule has 1 fully saturated rings. The number of aliphatic hydroxyl groups excluding tert-OH is 1. The number of carbonyl (C=O) groups excluding carboxylic acids is 1. The maximum Gasteiger partial charge on any atom is 0.264 e. The molecule has 1 N–H and O–H groups in total. The summed E-state index contributed by atoms with van der Waals surface area (Å²) >= 11 is 8.09. The van der Waals surface area contributed by atoms with Crippen LogP contribution in [0.4, 0.5) is 5.69 Å². The van der Waals surface area contributed by atoms with Gasteiger partial charge in [0.15, 0.2) is 0 Å². The van der Waals surface area contributed by atoms with Crippen molar-refractivity contribution in [2.45, 2.75) is 38.0 Å². The van der Waals surface area contributed by atoms with Crippen LogP contribution in [0.25, 0.3) is 0 Å². The Morgan fingerprint density at radius 1 is 1.19 bits per heavy atom. The average Bonchev–Trinajstić information content (AvgIpc) is 2.67. The highest BCUT2D eigenvalue weighted by Gasteiger charge is 2.24. The van der Waals surface area contributed by atoms with E-state index in [2.05, 4.69) is 22.1 Å². The molecule has 0 spiro atoms. The number of nitrogens with zero attached hydrogens (tertiary/aromatic N) is 3. The fourth-order valence-corrected chi connectivity index (χ4v) is 4.45. The Kier molecular flexibility index (Phi) is 6.83. The van der Waals surface area contributed by atoms with Crippen LogP contribution in [0.5, 0.6) is 0 Å². The smallest absolute Gasteiger partial charge is 0.264 e. The van der Waals surface area contributed by atoms with Gasteiger partial charge in [-0.15, -0.1) is 0 Å². The summed E-state index contributed by atoms with van der Waals surface area (Å²) in [7, 11) is 0. The molecule has 0 unspecified atom stereocenters. The second-order valence-corrected chi connectivity index (χ2v) is 7.82. The Bertz CT molecular complexity index is 744. The highest BCUT2D eigenvalue weighted by Crippen LogP contribution is 2.33. The van der Waals surface area contributed by atoms with Crippen molar-refractivity contribution in [1.82, 2.24) is 9.97 Å². The van der Waals surface area contributed by atoms with Crippen LogP contribution in [0.2, 0.25) is 5.15 Å². The Balaban J connectivity index is 1.86. The third kappa shape index (κ3) is 4.35. The standard InChI is InChI=1S/C19H21ClIN3O2/c20-17-16(18(21)23-12-22-17)19(26)24(10-11-25)15-8-6-14(7-9-15)13-4-2-1-3-5-13/h6-9,12-13,25H,1-5,10-11H2. The molecule has 1 amide bonds. The predicted molar refractivity (Wildman–Crippen MR) is 111 cm³/mol. The van der Waals surface area contributed by atoms with Crippen molar-refractivity contribution in [2.24, 2.45) is 0 Å². The van der Waals surface area contributed by atoms with Crippen LogP contribution in [0.3, 0.4) is 0 Å². The highest BCUT2D eigenvalue weighted by atomic mass is 127. The molecule has 1 heterocycles. The Morgan fingerprint density at radius 2 is 1.88 bits per heavy atom. The first kappa shape index (κ1) is 19.5. The monoisotopic (exact) mass is 485 g/mol. The molecule has 1 aliphatic rings. The number of benzene rings is 1. The number of carbonyl (C=O) groups is 1. The van der Waals surface area contributed by atoms with Crippen molar-refractivity contribution < 1.29 is 9.90 Å². The van der Waals surface area contributed by atoms with Gasteiger partial charge in [0.2, 0.25) is 0 Å². The van der Waals surface area contributed by atoms with Gasteiger partial charge in [-0.25, -0.2) is 9.97 Å². The molecule has 5 nitrogen and oxygen atoms in total. The molecule has 0 aliphatic heterocycles. The number of amides is 1. The van der Waals surface area contributed by atoms with Crippen LogP contribution in [-0.2, 0) is 0 Å². The molecular weight excluding hydrogens is 465 g/mol.